The maximum absolute atomic E-state index is 11.5. The number of ether oxygens (including phenoxy) is 1. The van der Waals surface area contributed by atoms with E-state index in [1.54, 1.807) is 12.1 Å². The van der Waals surface area contributed by atoms with Crippen molar-refractivity contribution in [1.82, 2.24) is 0 Å². The van der Waals surface area contributed by atoms with E-state index < -0.39 is 5.92 Å². The molecular weight excluding hydrogens is 168 g/mol. The Morgan fingerprint density at radius 1 is 1.31 bits per heavy atom. The average Bonchev–Trinajstić information content (AvgIpc) is 2.21. The average molecular weight is 178 g/mol. The molecule has 1 saturated heterocycles. The fourth-order valence-corrected chi connectivity index (χ4v) is 1.37. The van der Waals surface area contributed by atoms with Crippen molar-refractivity contribution in [2.75, 3.05) is 13.2 Å². The molecule has 0 N–H and O–H groups in total. The van der Waals surface area contributed by atoms with E-state index in [1.807, 2.05) is 0 Å². The topological polar surface area (TPSA) is 73.9 Å². The fourth-order valence-electron chi connectivity index (χ4n) is 1.37. The first-order chi connectivity index (χ1) is 6.29. The number of nitrogens with zero attached hydrogens (tertiary/aromatic N) is 2. The number of nitriles is 2. The van der Waals surface area contributed by atoms with Crippen LogP contribution in [0.25, 0.3) is 0 Å². The highest BCUT2D eigenvalue weighted by atomic mass is 16.5. The molecule has 68 valence electrons. The Morgan fingerprint density at radius 3 is 2.31 bits per heavy atom. The van der Waals surface area contributed by atoms with Gasteiger partial charge < -0.3 is 4.74 Å². The lowest BCUT2D eigenvalue weighted by Crippen LogP contribution is -2.27. The van der Waals surface area contributed by atoms with Crippen LogP contribution >= 0.6 is 0 Å². The SMILES string of the molecule is N#CC(C#N)C(=O)C1CCOCC1. The summed E-state index contributed by atoms with van der Waals surface area (Å²) in [6.45, 7) is 1.11. The molecule has 0 unspecified atom stereocenters. The van der Waals surface area contributed by atoms with Crippen molar-refractivity contribution in [1.29, 1.82) is 10.5 Å². The summed E-state index contributed by atoms with van der Waals surface area (Å²) < 4.78 is 5.08. The Bertz CT molecular complexity index is 254. The fraction of sp³-hybridized carbons (Fsp3) is 0.667. The van der Waals surface area contributed by atoms with E-state index in [0.29, 0.717) is 26.1 Å². The van der Waals surface area contributed by atoms with Crippen molar-refractivity contribution >= 4 is 5.78 Å². The van der Waals surface area contributed by atoms with Gasteiger partial charge in [0.25, 0.3) is 0 Å². The molecule has 0 spiro atoms. The second-order valence-electron chi connectivity index (χ2n) is 2.98. The summed E-state index contributed by atoms with van der Waals surface area (Å²) in [4.78, 5) is 11.5. The molecule has 1 aliphatic rings. The maximum Gasteiger partial charge on any atom is 0.191 e. The van der Waals surface area contributed by atoms with Crippen molar-refractivity contribution in [3.05, 3.63) is 0 Å². The number of carbonyl (C=O) groups excluding carboxylic acids is 1. The second kappa shape index (κ2) is 4.59. The van der Waals surface area contributed by atoms with Crippen LogP contribution in [0.2, 0.25) is 0 Å². The summed E-state index contributed by atoms with van der Waals surface area (Å²) in [7, 11) is 0. The zero-order valence-electron chi connectivity index (χ0n) is 7.19. The maximum atomic E-state index is 11.5. The Morgan fingerprint density at radius 2 is 1.85 bits per heavy atom. The number of ketones is 1. The summed E-state index contributed by atoms with van der Waals surface area (Å²) in [6.07, 6.45) is 1.28. The highest BCUT2D eigenvalue weighted by Gasteiger charge is 2.28. The summed E-state index contributed by atoms with van der Waals surface area (Å²) in [6, 6.07) is 3.39. The first-order valence-corrected chi connectivity index (χ1v) is 4.20. The van der Waals surface area contributed by atoms with E-state index >= 15 is 0 Å². The molecule has 0 bridgehead atoms. The number of carbonyl (C=O) groups is 1. The molecule has 0 aromatic carbocycles. The molecule has 0 aromatic rings. The number of rotatable bonds is 2. The molecule has 1 aliphatic heterocycles. The molecule has 4 nitrogen and oxygen atoms in total. The third kappa shape index (κ3) is 2.27. The Balaban J connectivity index is 2.56. The number of Topliss-reactive ketones (excluding diaryl/α,β-unsaturated/α-hetero) is 1. The van der Waals surface area contributed by atoms with Gasteiger partial charge in [0.1, 0.15) is 0 Å². The van der Waals surface area contributed by atoms with Crippen molar-refractivity contribution in [2.24, 2.45) is 11.8 Å². The predicted molar refractivity (Wildman–Crippen MR) is 43.3 cm³/mol. The van der Waals surface area contributed by atoms with Gasteiger partial charge in [-0.25, -0.2) is 0 Å². The van der Waals surface area contributed by atoms with Crippen LogP contribution in [0.1, 0.15) is 12.8 Å². The van der Waals surface area contributed by atoms with E-state index in [1.165, 1.54) is 0 Å². The van der Waals surface area contributed by atoms with Gasteiger partial charge in [-0.05, 0) is 12.8 Å². The van der Waals surface area contributed by atoms with Crippen LogP contribution in [0.5, 0.6) is 0 Å². The normalized spacial score (nSPS) is 17.8. The van der Waals surface area contributed by atoms with Crippen molar-refractivity contribution in [3.8, 4) is 12.1 Å². The standard InChI is InChI=1S/C9H10N2O2/c10-5-8(6-11)9(12)7-1-3-13-4-2-7/h7-8H,1-4H2. The number of hydrogen-bond acceptors (Lipinski definition) is 4. The molecule has 1 rings (SSSR count). The van der Waals surface area contributed by atoms with Crippen LogP contribution in [0, 0.1) is 34.5 Å². The minimum absolute atomic E-state index is 0.155. The quantitative estimate of drug-likeness (QED) is 0.622. The van der Waals surface area contributed by atoms with Gasteiger partial charge in [-0.2, -0.15) is 10.5 Å². The molecule has 0 aliphatic carbocycles. The van der Waals surface area contributed by atoms with Crippen LogP contribution in [0.15, 0.2) is 0 Å². The Hall–Kier alpha value is -1.39. The molecule has 13 heavy (non-hydrogen) atoms. The lowest BCUT2D eigenvalue weighted by atomic mass is 9.89. The van der Waals surface area contributed by atoms with Gasteiger partial charge in [0.2, 0.25) is 0 Å². The smallest absolute Gasteiger partial charge is 0.191 e. The summed E-state index contributed by atoms with van der Waals surface area (Å²) in [5.74, 6) is -1.49. The van der Waals surface area contributed by atoms with Gasteiger partial charge in [0.15, 0.2) is 11.7 Å². The molecule has 1 heterocycles. The van der Waals surface area contributed by atoms with Gasteiger partial charge >= 0.3 is 0 Å². The molecular formula is C9H10N2O2. The molecule has 0 saturated carbocycles. The van der Waals surface area contributed by atoms with Gasteiger partial charge in [-0.15, -0.1) is 0 Å². The van der Waals surface area contributed by atoms with E-state index in [4.69, 9.17) is 15.3 Å². The molecule has 0 radical (unpaired) electrons. The van der Waals surface area contributed by atoms with Crippen LogP contribution in [0.3, 0.4) is 0 Å². The monoisotopic (exact) mass is 178 g/mol. The predicted octanol–water partition coefficient (Wildman–Crippen LogP) is 0.645. The largest absolute Gasteiger partial charge is 0.381 e. The Labute approximate surface area is 76.7 Å². The minimum atomic E-state index is -1.09. The van der Waals surface area contributed by atoms with E-state index in [9.17, 15) is 4.79 Å². The van der Waals surface area contributed by atoms with E-state index in [0.717, 1.165) is 0 Å². The summed E-state index contributed by atoms with van der Waals surface area (Å²) in [5, 5.41) is 17.0. The van der Waals surface area contributed by atoms with Gasteiger partial charge in [-0.1, -0.05) is 0 Å². The van der Waals surface area contributed by atoms with Crippen LogP contribution < -0.4 is 0 Å². The van der Waals surface area contributed by atoms with Crippen molar-refractivity contribution < 1.29 is 9.53 Å². The molecule has 4 heteroatoms. The van der Waals surface area contributed by atoms with Crippen LogP contribution in [0.4, 0.5) is 0 Å². The minimum Gasteiger partial charge on any atom is -0.381 e. The molecule has 0 aromatic heterocycles. The first kappa shape index (κ1) is 9.70. The van der Waals surface area contributed by atoms with Crippen molar-refractivity contribution in [3.63, 3.8) is 0 Å². The van der Waals surface area contributed by atoms with E-state index in [2.05, 4.69) is 0 Å². The van der Waals surface area contributed by atoms with E-state index in [-0.39, 0.29) is 11.7 Å². The lowest BCUT2D eigenvalue weighted by Gasteiger charge is -2.20. The molecule has 1 fully saturated rings. The zero-order valence-corrected chi connectivity index (χ0v) is 7.19. The third-order valence-corrected chi connectivity index (χ3v) is 2.17. The zero-order chi connectivity index (χ0) is 9.68. The molecule has 0 amide bonds. The highest BCUT2D eigenvalue weighted by Crippen LogP contribution is 2.19. The highest BCUT2D eigenvalue weighted by molar-refractivity contribution is 5.87. The summed E-state index contributed by atoms with van der Waals surface area (Å²) in [5.41, 5.74) is 0. The van der Waals surface area contributed by atoms with Crippen molar-refractivity contribution in [2.45, 2.75) is 12.8 Å². The Kier molecular flexibility index (Phi) is 3.42. The number of hydrogen-bond donors (Lipinski definition) is 0. The lowest BCUT2D eigenvalue weighted by molar-refractivity contribution is -0.126. The van der Waals surface area contributed by atoms with Crippen LogP contribution in [-0.4, -0.2) is 19.0 Å². The van der Waals surface area contributed by atoms with Gasteiger partial charge in [0, 0.05) is 19.1 Å². The van der Waals surface area contributed by atoms with Gasteiger partial charge in [0.05, 0.1) is 12.1 Å². The summed E-state index contributed by atoms with van der Waals surface area (Å²) >= 11 is 0. The third-order valence-electron chi connectivity index (χ3n) is 2.17. The second-order valence-corrected chi connectivity index (χ2v) is 2.98. The van der Waals surface area contributed by atoms with Crippen LogP contribution in [-0.2, 0) is 9.53 Å². The van der Waals surface area contributed by atoms with Gasteiger partial charge in [-0.3, -0.25) is 4.79 Å². The molecule has 0 atom stereocenters. The first-order valence-electron chi connectivity index (χ1n) is 4.20.